The van der Waals surface area contributed by atoms with Crippen LogP contribution in [0.25, 0.3) is 0 Å². The van der Waals surface area contributed by atoms with Crippen molar-refractivity contribution in [1.29, 1.82) is 0 Å². The predicted molar refractivity (Wildman–Crippen MR) is 64.5 cm³/mol. The molecule has 0 radical (unpaired) electrons. The smallest absolute Gasteiger partial charge is 0.289 e. The van der Waals surface area contributed by atoms with Crippen molar-refractivity contribution in [3.63, 3.8) is 0 Å². The molecule has 0 aromatic heterocycles. The highest BCUT2D eigenvalue weighted by atomic mass is 19.1. The lowest BCUT2D eigenvalue weighted by Gasteiger charge is -2.16. The second-order valence-electron chi connectivity index (χ2n) is 3.11. The Hall–Kier alpha value is -1.57. The molecule has 1 rings (SSSR count). The van der Waals surface area contributed by atoms with E-state index in [1.54, 1.807) is 0 Å². The number of halogens is 1. The van der Waals surface area contributed by atoms with Gasteiger partial charge < -0.3 is 15.3 Å². The van der Waals surface area contributed by atoms with Gasteiger partial charge in [-0.1, -0.05) is 36.4 Å². The number of rotatable bonds is 4. The van der Waals surface area contributed by atoms with Crippen molar-refractivity contribution in [3.05, 3.63) is 46.5 Å². The third-order valence-electron chi connectivity index (χ3n) is 1.94. The molecule has 0 aliphatic rings. The summed E-state index contributed by atoms with van der Waals surface area (Å²) in [6.07, 6.45) is 0. The van der Waals surface area contributed by atoms with Crippen LogP contribution < -0.4 is 0 Å². The minimum absolute atomic E-state index is 0.500. The molecule has 1 aromatic carbocycles. The summed E-state index contributed by atoms with van der Waals surface area (Å²) in [4.78, 5) is 9.14. The molecule has 7 heteroatoms. The lowest BCUT2D eigenvalue weighted by atomic mass is 10.1. The molecular weight excluding hydrogens is 245 g/mol. The standard InChI is InChI=1S/C6H6.C4H9NO5.CH3F/c1-2-4-6-5-3-1;6-1-4(2-7,3-8)5(9)10;1-2/h1-6H;6-8H,1-3H2;1H3. The molecule has 1 aromatic rings. The average molecular weight is 263 g/mol. The van der Waals surface area contributed by atoms with Gasteiger partial charge in [-0.3, -0.25) is 14.5 Å². The summed E-state index contributed by atoms with van der Waals surface area (Å²) in [5.41, 5.74) is -1.99. The van der Waals surface area contributed by atoms with Gasteiger partial charge in [0.25, 0.3) is 5.54 Å². The van der Waals surface area contributed by atoms with Gasteiger partial charge in [-0.2, -0.15) is 0 Å². The van der Waals surface area contributed by atoms with Crippen molar-refractivity contribution in [3.8, 4) is 0 Å². The quantitative estimate of drug-likeness (QED) is 0.533. The minimum atomic E-state index is -1.99. The second-order valence-corrected chi connectivity index (χ2v) is 3.11. The van der Waals surface area contributed by atoms with Crippen LogP contribution in [0.3, 0.4) is 0 Å². The maximum atomic E-state index is 10.0. The Balaban J connectivity index is 0. The van der Waals surface area contributed by atoms with E-state index in [4.69, 9.17) is 15.3 Å². The largest absolute Gasteiger partial charge is 0.389 e. The van der Waals surface area contributed by atoms with Crippen LogP contribution in [-0.2, 0) is 0 Å². The van der Waals surface area contributed by atoms with Crippen molar-refractivity contribution in [2.45, 2.75) is 5.54 Å². The van der Waals surface area contributed by atoms with E-state index in [0.29, 0.717) is 7.18 Å². The second kappa shape index (κ2) is 11.9. The fourth-order valence-electron chi connectivity index (χ4n) is 0.708. The number of hydrogen-bond acceptors (Lipinski definition) is 5. The molecule has 0 saturated carbocycles. The molecule has 104 valence electrons. The third kappa shape index (κ3) is 6.89. The van der Waals surface area contributed by atoms with Gasteiger partial charge in [-0.25, -0.2) is 0 Å². The Bertz CT molecular complexity index is 258. The van der Waals surface area contributed by atoms with Crippen LogP contribution in [0, 0.1) is 10.1 Å². The molecule has 0 atom stereocenters. The number of aliphatic hydroxyl groups excluding tert-OH is 3. The summed E-state index contributed by atoms with van der Waals surface area (Å²) in [5, 5.41) is 35.2. The fraction of sp³-hybridized carbons (Fsp3) is 0.455. The summed E-state index contributed by atoms with van der Waals surface area (Å²) < 4.78 is 9.50. The first-order valence-corrected chi connectivity index (χ1v) is 4.98. The maximum Gasteiger partial charge on any atom is 0.289 e. The number of alkyl halides is 1. The summed E-state index contributed by atoms with van der Waals surface area (Å²) in [7, 11) is 0.500. The summed E-state index contributed by atoms with van der Waals surface area (Å²) in [6.45, 7) is -2.60. The lowest BCUT2D eigenvalue weighted by molar-refractivity contribution is -0.580. The zero-order valence-corrected chi connectivity index (χ0v) is 10.1. The van der Waals surface area contributed by atoms with Crippen LogP contribution in [-0.4, -0.2) is 52.8 Å². The monoisotopic (exact) mass is 263 g/mol. The normalized spacial score (nSPS) is 9.39. The first-order chi connectivity index (χ1) is 8.63. The van der Waals surface area contributed by atoms with E-state index in [-0.39, 0.29) is 0 Å². The zero-order chi connectivity index (χ0) is 14.4. The van der Waals surface area contributed by atoms with Gasteiger partial charge in [0.15, 0.2) is 0 Å². The minimum Gasteiger partial charge on any atom is -0.389 e. The van der Waals surface area contributed by atoms with E-state index in [2.05, 4.69) is 0 Å². The van der Waals surface area contributed by atoms with Crippen molar-refractivity contribution in [1.82, 2.24) is 0 Å². The fourth-order valence-corrected chi connectivity index (χ4v) is 0.708. The Labute approximate surface area is 104 Å². The Morgan fingerprint density at radius 2 is 1.17 bits per heavy atom. The molecule has 0 heterocycles. The van der Waals surface area contributed by atoms with Crippen molar-refractivity contribution in [2.75, 3.05) is 27.0 Å². The maximum absolute atomic E-state index is 10.0. The molecular formula is C11H18FNO5. The highest BCUT2D eigenvalue weighted by Gasteiger charge is 2.41. The topological polar surface area (TPSA) is 104 Å². The van der Waals surface area contributed by atoms with Crippen LogP contribution in [0.2, 0.25) is 0 Å². The van der Waals surface area contributed by atoms with E-state index in [0.717, 1.165) is 0 Å². The summed E-state index contributed by atoms with van der Waals surface area (Å²) in [6, 6.07) is 12.0. The first-order valence-electron chi connectivity index (χ1n) is 4.98. The van der Waals surface area contributed by atoms with Gasteiger partial charge in [-0.05, 0) is 0 Å². The molecule has 18 heavy (non-hydrogen) atoms. The van der Waals surface area contributed by atoms with E-state index >= 15 is 0 Å². The van der Waals surface area contributed by atoms with Gasteiger partial charge in [0.1, 0.15) is 19.8 Å². The number of nitro groups is 1. The third-order valence-corrected chi connectivity index (χ3v) is 1.94. The SMILES string of the molecule is CF.O=[N+]([O-])C(CO)(CO)CO.c1ccccc1. The highest BCUT2D eigenvalue weighted by Crippen LogP contribution is 2.05. The van der Waals surface area contributed by atoms with Crippen LogP contribution >= 0.6 is 0 Å². The van der Waals surface area contributed by atoms with Gasteiger partial charge in [0, 0.05) is 4.92 Å². The highest BCUT2D eigenvalue weighted by molar-refractivity contribution is 4.99. The van der Waals surface area contributed by atoms with Crippen LogP contribution in [0.15, 0.2) is 36.4 Å². The molecule has 0 spiro atoms. The van der Waals surface area contributed by atoms with Crippen molar-refractivity contribution in [2.24, 2.45) is 0 Å². The molecule has 0 aliphatic heterocycles. The Morgan fingerprint density at radius 3 is 1.22 bits per heavy atom. The molecule has 6 nitrogen and oxygen atoms in total. The van der Waals surface area contributed by atoms with E-state index in [9.17, 15) is 14.5 Å². The predicted octanol–water partition coefficient (Wildman–Crippen LogP) is 0.251. The number of benzene rings is 1. The Morgan fingerprint density at radius 1 is 0.944 bits per heavy atom. The summed E-state index contributed by atoms with van der Waals surface area (Å²) >= 11 is 0. The number of nitrogens with zero attached hydrogens (tertiary/aromatic N) is 1. The number of aliphatic hydroxyl groups is 3. The molecule has 0 unspecified atom stereocenters. The van der Waals surface area contributed by atoms with Crippen LogP contribution in [0.4, 0.5) is 4.39 Å². The van der Waals surface area contributed by atoms with Crippen LogP contribution in [0.1, 0.15) is 0 Å². The van der Waals surface area contributed by atoms with Gasteiger partial charge in [0.2, 0.25) is 0 Å². The van der Waals surface area contributed by atoms with E-state index in [1.807, 2.05) is 36.4 Å². The number of hydrogen-bond donors (Lipinski definition) is 3. The molecule has 3 N–H and O–H groups in total. The zero-order valence-electron chi connectivity index (χ0n) is 10.1. The van der Waals surface area contributed by atoms with Gasteiger partial charge >= 0.3 is 0 Å². The average Bonchev–Trinajstić information content (AvgIpc) is 2.46. The van der Waals surface area contributed by atoms with Crippen molar-refractivity contribution >= 4 is 0 Å². The molecule has 0 bridgehead atoms. The van der Waals surface area contributed by atoms with Crippen LogP contribution in [0.5, 0.6) is 0 Å². The molecule has 0 saturated heterocycles. The first kappa shape index (κ1) is 18.8. The van der Waals surface area contributed by atoms with Gasteiger partial charge in [0.05, 0.1) is 7.18 Å². The van der Waals surface area contributed by atoms with Gasteiger partial charge in [-0.15, -0.1) is 0 Å². The van der Waals surface area contributed by atoms with E-state index in [1.165, 1.54) is 0 Å². The summed E-state index contributed by atoms with van der Waals surface area (Å²) in [5.74, 6) is 0. The Kier molecular flexibility index (Phi) is 12.4. The van der Waals surface area contributed by atoms with E-state index < -0.39 is 30.3 Å². The lowest BCUT2D eigenvalue weighted by Crippen LogP contribution is -2.49. The van der Waals surface area contributed by atoms with Crippen molar-refractivity contribution < 1.29 is 24.6 Å². The molecule has 0 amide bonds. The molecule has 0 aliphatic carbocycles. The molecule has 0 fully saturated rings.